The molecule has 2 atom stereocenters. The van der Waals surface area contributed by atoms with Crippen LogP contribution in [-0.2, 0) is 0 Å². The average Bonchev–Trinajstić information content (AvgIpc) is 2.62. The van der Waals surface area contributed by atoms with Crippen molar-refractivity contribution in [3.8, 4) is 18.2 Å². The molecular formula is C19H14Cl2N4. The third-order valence-electron chi connectivity index (χ3n) is 5.10. The summed E-state index contributed by atoms with van der Waals surface area (Å²) in [4.78, 5) is 0. The molecule has 0 aliphatic heterocycles. The lowest BCUT2D eigenvalue weighted by Gasteiger charge is -2.43. The maximum absolute atomic E-state index is 9.91. The molecular weight excluding hydrogens is 355 g/mol. The van der Waals surface area contributed by atoms with Gasteiger partial charge in [-0.25, -0.2) is 0 Å². The molecule has 0 heterocycles. The van der Waals surface area contributed by atoms with Gasteiger partial charge in [0.1, 0.15) is 6.07 Å². The molecule has 25 heavy (non-hydrogen) atoms. The van der Waals surface area contributed by atoms with E-state index in [2.05, 4.69) is 18.2 Å². The van der Waals surface area contributed by atoms with Crippen molar-refractivity contribution in [3.05, 3.63) is 56.7 Å². The molecule has 0 spiro atoms. The van der Waals surface area contributed by atoms with Crippen molar-refractivity contribution in [2.45, 2.75) is 25.2 Å². The van der Waals surface area contributed by atoms with Crippen LogP contribution in [0.3, 0.4) is 0 Å². The van der Waals surface area contributed by atoms with Crippen molar-refractivity contribution < 1.29 is 0 Å². The molecule has 1 aromatic rings. The van der Waals surface area contributed by atoms with E-state index < -0.39 is 11.3 Å². The van der Waals surface area contributed by atoms with Gasteiger partial charge in [0, 0.05) is 16.0 Å². The smallest absolute Gasteiger partial charge is 0.191 e. The molecule has 124 valence electrons. The summed E-state index contributed by atoms with van der Waals surface area (Å²) in [6, 6.07) is 11.3. The normalized spacial score (nSPS) is 24.4. The first kappa shape index (κ1) is 17.4. The average molecular weight is 369 g/mol. The molecule has 0 aromatic heterocycles. The number of nitriles is 3. The van der Waals surface area contributed by atoms with E-state index in [0.29, 0.717) is 15.6 Å². The lowest BCUT2D eigenvalue weighted by molar-refractivity contribution is 0.317. The van der Waals surface area contributed by atoms with Gasteiger partial charge in [-0.3, -0.25) is 0 Å². The molecule has 0 radical (unpaired) electrons. The second kappa shape index (κ2) is 6.45. The molecule has 4 nitrogen and oxygen atoms in total. The number of halogens is 2. The summed E-state index contributed by atoms with van der Waals surface area (Å²) in [6.45, 7) is 0. The van der Waals surface area contributed by atoms with E-state index in [1.807, 2.05) is 6.08 Å². The third-order valence-corrected chi connectivity index (χ3v) is 5.66. The van der Waals surface area contributed by atoms with E-state index >= 15 is 0 Å². The molecule has 2 N–H and O–H groups in total. The summed E-state index contributed by atoms with van der Waals surface area (Å²) < 4.78 is 0. The quantitative estimate of drug-likeness (QED) is 0.783. The third kappa shape index (κ3) is 2.49. The number of allylic oxidation sites excluding steroid dienone is 4. The van der Waals surface area contributed by atoms with Gasteiger partial charge in [-0.05, 0) is 48.4 Å². The van der Waals surface area contributed by atoms with Gasteiger partial charge in [-0.15, -0.1) is 0 Å². The molecule has 1 aromatic carbocycles. The zero-order valence-electron chi connectivity index (χ0n) is 13.3. The lowest BCUT2D eigenvalue weighted by Crippen LogP contribution is -2.42. The molecule has 3 rings (SSSR count). The highest BCUT2D eigenvalue weighted by Crippen LogP contribution is 2.56. The molecule has 0 amide bonds. The van der Waals surface area contributed by atoms with Crippen LogP contribution >= 0.6 is 23.2 Å². The van der Waals surface area contributed by atoms with Crippen molar-refractivity contribution in [1.82, 2.24) is 0 Å². The summed E-state index contributed by atoms with van der Waals surface area (Å²) >= 11 is 12.4. The highest BCUT2D eigenvalue weighted by molar-refractivity contribution is 6.35. The van der Waals surface area contributed by atoms with Crippen molar-refractivity contribution in [1.29, 1.82) is 15.8 Å². The van der Waals surface area contributed by atoms with Crippen LogP contribution < -0.4 is 5.73 Å². The van der Waals surface area contributed by atoms with Gasteiger partial charge in [0.25, 0.3) is 0 Å². The van der Waals surface area contributed by atoms with Crippen LogP contribution in [0.1, 0.15) is 30.7 Å². The Morgan fingerprint density at radius 3 is 2.48 bits per heavy atom. The van der Waals surface area contributed by atoms with Gasteiger partial charge in [0.05, 0.1) is 23.4 Å². The Morgan fingerprint density at radius 2 is 1.88 bits per heavy atom. The van der Waals surface area contributed by atoms with E-state index in [-0.39, 0.29) is 17.2 Å². The standard InChI is InChI=1S/C19H14Cl2N4/c20-11-5-6-14(16(21)7-11)17-13-4-2-1-3-12(13)15(8-22)18(25)19(17,9-23)10-24/h3,5-7,13,17H,1-2,4,25H2/t13-,17+/m0/s1. The predicted octanol–water partition coefficient (Wildman–Crippen LogP) is 4.59. The molecule has 0 bridgehead atoms. The fourth-order valence-electron chi connectivity index (χ4n) is 3.97. The second-order valence-corrected chi connectivity index (χ2v) is 7.12. The van der Waals surface area contributed by atoms with Crippen LogP contribution in [0.4, 0.5) is 0 Å². The van der Waals surface area contributed by atoms with E-state index in [0.717, 1.165) is 24.8 Å². The Labute approximate surface area is 156 Å². The number of nitrogens with two attached hydrogens (primary N) is 1. The molecule has 2 aliphatic carbocycles. The molecule has 2 aliphatic rings. The minimum Gasteiger partial charge on any atom is -0.399 e. The fourth-order valence-corrected chi connectivity index (χ4v) is 4.50. The number of rotatable bonds is 1. The topological polar surface area (TPSA) is 97.4 Å². The van der Waals surface area contributed by atoms with Gasteiger partial charge in [-0.2, -0.15) is 15.8 Å². The Balaban J connectivity index is 2.36. The molecule has 6 heteroatoms. The zero-order chi connectivity index (χ0) is 18.2. The van der Waals surface area contributed by atoms with Crippen LogP contribution in [-0.4, -0.2) is 0 Å². The van der Waals surface area contributed by atoms with Crippen molar-refractivity contribution in [2.24, 2.45) is 17.1 Å². The summed E-state index contributed by atoms with van der Waals surface area (Å²) in [6.07, 6.45) is 4.52. The number of fused-ring (bicyclic) bond motifs is 1. The number of hydrogen-bond acceptors (Lipinski definition) is 4. The molecule has 0 saturated heterocycles. The van der Waals surface area contributed by atoms with Crippen molar-refractivity contribution >= 4 is 23.2 Å². The minimum atomic E-state index is -1.64. The van der Waals surface area contributed by atoms with E-state index in [1.165, 1.54) is 0 Å². The summed E-state index contributed by atoms with van der Waals surface area (Å²) in [5.41, 5.74) is 6.32. The predicted molar refractivity (Wildman–Crippen MR) is 95.1 cm³/mol. The van der Waals surface area contributed by atoms with Crippen molar-refractivity contribution in [3.63, 3.8) is 0 Å². The SMILES string of the molecule is N#CC1=C(N)C(C#N)(C#N)[C@@H](c2ccc(Cl)cc2Cl)[C@H]2CCCC=C12. The number of nitrogens with zero attached hydrogens (tertiary/aromatic N) is 3. The molecule has 0 unspecified atom stereocenters. The van der Waals surface area contributed by atoms with E-state index in [1.54, 1.807) is 18.2 Å². The highest BCUT2D eigenvalue weighted by Gasteiger charge is 2.54. The first-order chi connectivity index (χ1) is 12.0. The maximum atomic E-state index is 9.91. The van der Waals surface area contributed by atoms with Crippen LogP contribution in [0.25, 0.3) is 0 Å². The zero-order valence-corrected chi connectivity index (χ0v) is 14.8. The second-order valence-electron chi connectivity index (χ2n) is 6.27. The highest BCUT2D eigenvalue weighted by atomic mass is 35.5. The van der Waals surface area contributed by atoms with Gasteiger partial charge < -0.3 is 5.73 Å². The van der Waals surface area contributed by atoms with Crippen LogP contribution in [0.2, 0.25) is 10.0 Å². The Kier molecular flexibility index (Phi) is 4.49. The summed E-state index contributed by atoms with van der Waals surface area (Å²) in [7, 11) is 0. The van der Waals surface area contributed by atoms with E-state index in [9.17, 15) is 15.8 Å². The first-order valence-corrected chi connectivity index (χ1v) is 8.64. The summed E-state index contributed by atoms with van der Waals surface area (Å²) in [5.74, 6) is -0.704. The van der Waals surface area contributed by atoms with Crippen molar-refractivity contribution in [2.75, 3.05) is 0 Å². The Bertz CT molecular complexity index is 910. The Hall–Kier alpha value is -2.45. The van der Waals surface area contributed by atoms with Gasteiger partial charge in [0.2, 0.25) is 0 Å². The van der Waals surface area contributed by atoms with Crippen LogP contribution in [0, 0.1) is 45.3 Å². The van der Waals surface area contributed by atoms with Crippen LogP contribution in [0.15, 0.2) is 41.1 Å². The summed E-state index contributed by atoms with van der Waals surface area (Å²) in [5, 5.41) is 30.3. The number of hydrogen-bond donors (Lipinski definition) is 1. The number of benzene rings is 1. The largest absolute Gasteiger partial charge is 0.399 e. The van der Waals surface area contributed by atoms with Gasteiger partial charge in [-0.1, -0.05) is 35.3 Å². The van der Waals surface area contributed by atoms with Gasteiger partial charge in [0.15, 0.2) is 5.41 Å². The Morgan fingerprint density at radius 1 is 1.16 bits per heavy atom. The lowest BCUT2D eigenvalue weighted by atomic mass is 9.57. The monoisotopic (exact) mass is 368 g/mol. The van der Waals surface area contributed by atoms with Crippen LogP contribution in [0.5, 0.6) is 0 Å². The molecule has 0 fully saturated rings. The fraction of sp³-hybridized carbons (Fsp3) is 0.316. The maximum Gasteiger partial charge on any atom is 0.191 e. The first-order valence-electron chi connectivity index (χ1n) is 7.88. The minimum absolute atomic E-state index is 0.0143. The molecule has 0 saturated carbocycles. The van der Waals surface area contributed by atoms with E-state index in [4.69, 9.17) is 28.9 Å². The van der Waals surface area contributed by atoms with Gasteiger partial charge >= 0.3 is 0 Å².